The maximum atomic E-state index is 12.0. The van der Waals surface area contributed by atoms with E-state index in [1.807, 2.05) is 6.92 Å². The van der Waals surface area contributed by atoms with Crippen LogP contribution in [0.15, 0.2) is 0 Å². The first-order chi connectivity index (χ1) is 8.13. The number of carbonyl (C=O) groups excluding carboxylic acids is 1. The van der Waals surface area contributed by atoms with Crippen molar-refractivity contribution in [3.05, 3.63) is 0 Å². The van der Waals surface area contributed by atoms with Crippen molar-refractivity contribution in [1.29, 1.82) is 0 Å². The number of carbonyl (C=O) groups is 2. The highest BCUT2D eigenvalue weighted by Crippen LogP contribution is 2.40. The monoisotopic (exact) mass is 241 g/mol. The molecular formula is C12H19NO4. The number of ether oxygens (including phenoxy) is 1. The topological polar surface area (TPSA) is 66.8 Å². The second-order valence-electron chi connectivity index (χ2n) is 4.77. The SMILES string of the molecule is CCOC1CCN(C(=O)[C@@H]2C[C@@H]2C(=O)O)CC1. The van der Waals surface area contributed by atoms with E-state index in [9.17, 15) is 9.59 Å². The molecule has 1 saturated carbocycles. The molecule has 1 aliphatic heterocycles. The zero-order chi connectivity index (χ0) is 12.4. The van der Waals surface area contributed by atoms with Gasteiger partial charge in [0, 0.05) is 19.7 Å². The summed E-state index contributed by atoms with van der Waals surface area (Å²) in [6.45, 7) is 4.08. The van der Waals surface area contributed by atoms with Gasteiger partial charge in [-0.25, -0.2) is 0 Å². The molecule has 1 N–H and O–H groups in total. The average Bonchev–Trinajstić information content (AvgIpc) is 3.09. The first-order valence-corrected chi connectivity index (χ1v) is 6.26. The number of hydrogen-bond donors (Lipinski definition) is 1. The summed E-state index contributed by atoms with van der Waals surface area (Å²) in [7, 11) is 0. The molecule has 5 heteroatoms. The summed E-state index contributed by atoms with van der Waals surface area (Å²) in [5, 5.41) is 8.79. The van der Waals surface area contributed by atoms with Crippen molar-refractivity contribution in [3.8, 4) is 0 Å². The molecule has 0 unspecified atom stereocenters. The number of likely N-dealkylation sites (tertiary alicyclic amines) is 1. The molecule has 2 aliphatic rings. The Hall–Kier alpha value is -1.10. The third-order valence-corrected chi connectivity index (χ3v) is 3.58. The molecule has 1 amide bonds. The van der Waals surface area contributed by atoms with Crippen LogP contribution in [0.3, 0.4) is 0 Å². The summed E-state index contributed by atoms with van der Waals surface area (Å²) in [5.74, 6) is -1.52. The quantitative estimate of drug-likeness (QED) is 0.788. The van der Waals surface area contributed by atoms with E-state index in [-0.39, 0.29) is 17.9 Å². The Balaban J connectivity index is 1.78. The van der Waals surface area contributed by atoms with Gasteiger partial charge in [0.1, 0.15) is 0 Å². The van der Waals surface area contributed by atoms with Gasteiger partial charge in [-0.05, 0) is 26.2 Å². The number of nitrogens with zero attached hydrogens (tertiary/aromatic N) is 1. The van der Waals surface area contributed by atoms with Gasteiger partial charge in [0.15, 0.2) is 0 Å². The van der Waals surface area contributed by atoms with E-state index in [0.29, 0.717) is 26.1 Å². The highest BCUT2D eigenvalue weighted by Gasteiger charge is 2.50. The summed E-state index contributed by atoms with van der Waals surface area (Å²) >= 11 is 0. The molecule has 96 valence electrons. The van der Waals surface area contributed by atoms with Crippen LogP contribution in [-0.2, 0) is 14.3 Å². The molecule has 0 aromatic carbocycles. The fourth-order valence-corrected chi connectivity index (χ4v) is 2.45. The van der Waals surface area contributed by atoms with Gasteiger partial charge < -0.3 is 14.7 Å². The van der Waals surface area contributed by atoms with Gasteiger partial charge in [0.05, 0.1) is 17.9 Å². The molecular weight excluding hydrogens is 222 g/mol. The van der Waals surface area contributed by atoms with Crippen molar-refractivity contribution < 1.29 is 19.4 Å². The number of hydrogen-bond acceptors (Lipinski definition) is 3. The minimum atomic E-state index is -0.840. The van der Waals surface area contributed by atoms with E-state index in [2.05, 4.69) is 0 Å². The molecule has 1 heterocycles. The lowest BCUT2D eigenvalue weighted by Crippen LogP contribution is -2.42. The lowest BCUT2D eigenvalue weighted by Gasteiger charge is -2.32. The normalized spacial score (nSPS) is 29.1. The average molecular weight is 241 g/mol. The van der Waals surface area contributed by atoms with E-state index < -0.39 is 11.9 Å². The van der Waals surface area contributed by atoms with Crippen LogP contribution < -0.4 is 0 Å². The van der Waals surface area contributed by atoms with Crippen LogP contribution in [0.25, 0.3) is 0 Å². The predicted octanol–water partition coefficient (Wildman–Crippen LogP) is 0.735. The highest BCUT2D eigenvalue weighted by atomic mass is 16.5. The molecule has 17 heavy (non-hydrogen) atoms. The van der Waals surface area contributed by atoms with Crippen LogP contribution in [-0.4, -0.2) is 47.7 Å². The van der Waals surface area contributed by atoms with Crippen molar-refractivity contribution in [1.82, 2.24) is 4.90 Å². The minimum Gasteiger partial charge on any atom is -0.481 e. The maximum Gasteiger partial charge on any atom is 0.307 e. The maximum absolute atomic E-state index is 12.0. The fraction of sp³-hybridized carbons (Fsp3) is 0.833. The Morgan fingerprint density at radius 2 is 1.94 bits per heavy atom. The number of aliphatic carboxylic acids is 1. The Morgan fingerprint density at radius 3 is 2.41 bits per heavy atom. The van der Waals surface area contributed by atoms with Gasteiger partial charge in [0.2, 0.25) is 5.91 Å². The van der Waals surface area contributed by atoms with Crippen molar-refractivity contribution in [2.45, 2.75) is 32.3 Å². The number of rotatable bonds is 4. The summed E-state index contributed by atoms with van der Waals surface area (Å²) in [5.41, 5.74) is 0. The summed E-state index contributed by atoms with van der Waals surface area (Å²) in [4.78, 5) is 24.5. The summed E-state index contributed by atoms with van der Waals surface area (Å²) < 4.78 is 5.51. The van der Waals surface area contributed by atoms with Crippen LogP contribution in [0.5, 0.6) is 0 Å². The van der Waals surface area contributed by atoms with Crippen LogP contribution >= 0.6 is 0 Å². The van der Waals surface area contributed by atoms with Crippen LogP contribution in [0.2, 0.25) is 0 Å². The summed E-state index contributed by atoms with van der Waals surface area (Å²) in [6, 6.07) is 0. The number of carboxylic acids is 1. The van der Waals surface area contributed by atoms with Gasteiger partial charge in [-0.2, -0.15) is 0 Å². The Labute approximate surface area is 101 Å². The third kappa shape index (κ3) is 2.77. The Morgan fingerprint density at radius 1 is 1.29 bits per heavy atom. The molecule has 0 radical (unpaired) electrons. The fourth-order valence-electron chi connectivity index (χ4n) is 2.45. The molecule has 2 fully saturated rings. The lowest BCUT2D eigenvalue weighted by atomic mass is 10.1. The first-order valence-electron chi connectivity index (χ1n) is 6.26. The molecule has 0 bridgehead atoms. The number of amides is 1. The molecule has 0 aromatic heterocycles. The van der Waals surface area contributed by atoms with Gasteiger partial charge >= 0.3 is 5.97 Å². The van der Waals surface area contributed by atoms with Crippen LogP contribution in [0, 0.1) is 11.8 Å². The van der Waals surface area contributed by atoms with Crippen LogP contribution in [0.1, 0.15) is 26.2 Å². The second-order valence-corrected chi connectivity index (χ2v) is 4.77. The standard InChI is InChI=1S/C12H19NO4/c1-2-17-8-3-5-13(6-4-8)11(14)9-7-10(9)12(15)16/h8-10H,2-7H2,1H3,(H,15,16)/t9-,10+/m1/s1. The Bertz CT molecular complexity index is 310. The molecule has 0 aromatic rings. The third-order valence-electron chi connectivity index (χ3n) is 3.58. The minimum absolute atomic E-state index is 0.0207. The lowest BCUT2D eigenvalue weighted by molar-refractivity contribution is -0.142. The van der Waals surface area contributed by atoms with Gasteiger partial charge in [-0.15, -0.1) is 0 Å². The molecule has 1 saturated heterocycles. The van der Waals surface area contributed by atoms with Gasteiger partial charge in [-0.3, -0.25) is 9.59 Å². The van der Waals surface area contributed by atoms with Crippen molar-refractivity contribution >= 4 is 11.9 Å². The molecule has 0 spiro atoms. The van der Waals surface area contributed by atoms with E-state index in [1.165, 1.54) is 0 Å². The van der Waals surface area contributed by atoms with Crippen LogP contribution in [0.4, 0.5) is 0 Å². The second kappa shape index (κ2) is 5.04. The smallest absolute Gasteiger partial charge is 0.307 e. The van der Waals surface area contributed by atoms with Crippen molar-refractivity contribution in [2.24, 2.45) is 11.8 Å². The molecule has 1 aliphatic carbocycles. The molecule has 2 atom stereocenters. The van der Waals surface area contributed by atoms with Crippen molar-refractivity contribution in [2.75, 3.05) is 19.7 Å². The van der Waals surface area contributed by atoms with E-state index in [0.717, 1.165) is 12.8 Å². The van der Waals surface area contributed by atoms with Crippen molar-refractivity contribution in [3.63, 3.8) is 0 Å². The summed E-state index contributed by atoms with van der Waals surface area (Å²) in [6.07, 6.45) is 2.51. The zero-order valence-corrected chi connectivity index (χ0v) is 10.1. The van der Waals surface area contributed by atoms with E-state index >= 15 is 0 Å². The van der Waals surface area contributed by atoms with Gasteiger partial charge in [-0.1, -0.05) is 0 Å². The molecule has 5 nitrogen and oxygen atoms in total. The zero-order valence-electron chi connectivity index (χ0n) is 10.1. The molecule has 2 rings (SSSR count). The number of piperidine rings is 1. The highest BCUT2D eigenvalue weighted by molar-refractivity contribution is 5.89. The van der Waals surface area contributed by atoms with Gasteiger partial charge in [0.25, 0.3) is 0 Å². The largest absolute Gasteiger partial charge is 0.481 e. The Kier molecular flexibility index (Phi) is 3.66. The number of carboxylic acid groups (broad SMARTS) is 1. The van der Waals surface area contributed by atoms with E-state index in [1.54, 1.807) is 4.90 Å². The van der Waals surface area contributed by atoms with E-state index in [4.69, 9.17) is 9.84 Å². The first kappa shape index (κ1) is 12.4. The predicted molar refractivity (Wildman–Crippen MR) is 60.5 cm³/mol.